The van der Waals surface area contributed by atoms with E-state index in [2.05, 4.69) is 23.5 Å². The van der Waals surface area contributed by atoms with Gasteiger partial charge in [-0.25, -0.2) is 0 Å². The zero-order chi connectivity index (χ0) is 9.65. The molecule has 0 atom stereocenters. The smallest absolute Gasteiger partial charge is 0.174 e. The Morgan fingerprint density at radius 2 is 1.57 bits per heavy atom. The van der Waals surface area contributed by atoms with Crippen molar-refractivity contribution in [1.29, 1.82) is 0 Å². The van der Waals surface area contributed by atoms with Crippen LogP contribution in [0, 0.1) is 0 Å². The normalized spacial score (nSPS) is 34.9. The molecule has 3 aliphatic rings. The molecule has 0 N–H and O–H groups in total. The van der Waals surface area contributed by atoms with Gasteiger partial charge in [-0.05, 0) is 19.8 Å². The fourth-order valence-electron chi connectivity index (χ4n) is 2.65. The standard InChI is InChI=1S/C10H16O2S2/c1-8-11-9(12-8)2-4-10(5-3-9)13-6-7-14-10/h8H,2-7H2,1H3. The van der Waals surface area contributed by atoms with Crippen molar-refractivity contribution in [2.45, 2.75) is 48.8 Å². The van der Waals surface area contributed by atoms with E-state index in [1.54, 1.807) is 0 Å². The molecule has 0 unspecified atom stereocenters. The van der Waals surface area contributed by atoms with E-state index in [1.165, 1.54) is 24.3 Å². The summed E-state index contributed by atoms with van der Waals surface area (Å²) in [6, 6.07) is 0. The van der Waals surface area contributed by atoms with Crippen molar-refractivity contribution in [1.82, 2.24) is 0 Å². The van der Waals surface area contributed by atoms with Crippen LogP contribution in [0.5, 0.6) is 0 Å². The van der Waals surface area contributed by atoms with Crippen LogP contribution in [0.1, 0.15) is 32.6 Å². The Labute approximate surface area is 93.5 Å². The van der Waals surface area contributed by atoms with Crippen LogP contribution >= 0.6 is 23.5 Å². The van der Waals surface area contributed by atoms with E-state index in [0.717, 1.165) is 12.8 Å². The molecule has 0 aromatic rings. The molecule has 4 heteroatoms. The minimum atomic E-state index is -0.172. The molecule has 0 amide bonds. The molecule has 1 saturated carbocycles. The Kier molecular flexibility index (Phi) is 2.32. The SMILES string of the molecule is CC1OC2(CCC3(CC2)SCCS3)O1. The second kappa shape index (κ2) is 3.30. The van der Waals surface area contributed by atoms with Crippen LogP contribution in [0.2, 0.25) is 0 Å². The van der Waals surface area contributed by atoms with Crippen LogP contribution in [0.3, 0.4) is 0 Å². The zero-order valence-corrected chi connectivity index (χ0v) is 10.1. The van der Waals surface area contributed by atoms with Crippen LogP contribution in [-0.2, 0) is 9.47 Å². The average molecular weight is 232 g/mol. The predicted molar refractivity (Wildman–Crippen MR) is 60.5 cm³/mol. The second-order valence-corrected chi connectivity index (χ2v) is 7.54. The van der Waals surface area contributed by atoms with E-state index in [9.17, 15) is 0 Å². The molecule has 3 rings (SSSR count). The first kappa shape index (κ1) is 9.82. The lowest BCUT2D eigenvalue weighted by molar-refractivity contribution is -0.453. The number of hydrogen-bond acceptors (Lipinski definition) is 4. The van der Waals surface area contributed by atoms with Crippen LogP contribution in [0.25, 0.3) is 0 Å². The number of ether oxygens (including phenoxy) is 2. The topological polar surface area (TPSA) is 18.5 Å². The quantitative estimate of drug-likeness (QED) is 0.639. The third kappa shape index (κ3) is 1.51. The molecule has 3 fully saturated rings. The van der Waals surface area contributed by atoms with Gasteiger partial charge in [0, 0.05) is 24.3 Å². The molecule has 1 aliphatic carbocycles. The third-order valence-corrected chi connectivity index (χ3v) is 7.00. The Morgan fingerprint density at radius 3 is 2.07 bits per heavy atom. The van der Waals surface area contributed by atoms with Gasteiger partial charge < -0.3 is 9.47 Å². The fourth-order valence-corrected chi connectivity index (χ4v) is 5.88. The Morgan fingerprint density at radius 1 is 1.00 bits per heavy atom. The van der Waals surface area contributed by atoms with Crippen molar-refractivity contribution in [2.75, 3.05) is 11.5 Å². The van der Waals surface area contributed by atoms with Gasteiger partial charge in [-0.3, -0.25) is 0 Å². The molecule has 80 valence electrons. The molecule has 0 radical (unpaired) electrons. The summed E-state index contributed by atoms with van der Waals surface area (Å²) in [6.45, 7) is 1.98. The molecular formula is C10H16O2S2. The van der Waals surface area contributed by atoms with Crippen molar-refractivity contribution >= 4 is 23.5 Å². The molecule has 0 aromatic carbocycles. The van der Waals surface area contributed by atoms with E-state index < -0.39 is 0 Å². The van der Waals surface area contributed by atoms with Crippen LogP contribution in [0.4, 0.5) is 0 Å². The maximum absolute atomic E-state index is 5.73. The van der Waals surface area contributed by atoms with Gasteiger partial charge in [0.05, 0.1) is 4.08 Å². The fraction of sp³-hybridized carbons (Fsp3) is 1.00. The maximum Gasteiger partial charge on any atom is 0.174 e. The van der Waals surface area contributed by atoms with Gasteiger partial charge in [0.15, 0.2) is 12.1 Å². The van der Waals surface area contributed by atoms with Crippen molar-refractivity contribution in [3.05, 3.63) is 0 Å². The van der Waals surface area contributed by atoms with Crippen LogP contribution in [0.15, 0.2) is 0 Å². The zero-order valence-electron chi connectivity index (χ0n) is 8.45. The summed E-state index contributed by atoms with van der Waals surface area (Å²) in [4.78, 5) is 0. The molecule has 14 heavy (non-hydrogen) atoms. The highest BCUT2D eigenvalue weighted by molar-refractivity contribution is 8.21. The minimum absolute atomic E-state index is 0.0351. The van der Waals surface area contributed by atoms with Gasteiger partial charge in [0.25, 0.3) is 0 Å². The highest BCUT2D eigenvalue weighted by Crippen LogP contribution is 2.57. The monoisotopic (exact) mass is 232 g/mol. The lowest BCUT2D eigenvalue weighted by Crippen LogP contribution is -2.55. The van der Waals surface area contributed by atoms with E-state index in [-0.39, 0.29) is 12.1 Å². The Hall–Kier alpha value is 0.620. The summed E-state index contributed by atoms with van der Waals surface area (Å²) < 4.78 is 12.0. The van der Waals surface area contributed by atoms with Gasteiger partial charge in [-0.15, -0.1) is 23.5 Å². The third-order valence-electron chi connectivity index (χ3n) is 3.35. The summed E-state index contributed by atoms with van der Waals surface area (Å²) in [5, 5.41) is 0. The average Bonchev–Trinajstić information content (AvgIpc) is 2.57. The van der Waals surface area contributed by atoms with Crippen molar-refractivity contribution in [2.24, 2.45) is 0 Å². The largest absolute Gasteiger partial charge is 0.321 e. The summed E-state index contributed by atoms with van der Waals surface area (Å²) in [5.41, 5.74) is 0. The summed E-state index contributed by atoms with van der Waals surface area (Å²) in [7, 11) is 0. The van der Waals surface area contributed by atoms with E-state index in [0.29, 0.717) is 4.08 Å². The number of rotatable bonds is 0. The lowest BCUT2D eigenvalue weighted by Gasteiger charge is -2.51. The van der Waals surface area contributed by atoms with Crippen LogP contribution < -0.4 is 0 Å². The van der Waals surface area contributed by atoms with Gasteiger partial charge >= 0.3 is 0 Å². The number of thioether (sulfide) groups is 2. The molecule has 0 bridgehead atoms. The first-order chi connectivity index (χ1) is 6.72. The lowest BCUT2D eigenvalue weighted by atomic mass is 9.92. The minimum Gasteiger partial charge on any atom is -0.321 e. The molecule has 0 aromatic heterocycles. The second-order valence-electron chi connectivity index (χ2n) is 4.32. The summed E-state index contributed by atoms with van der Waals surface area (Å²) in [5.74, 6) is 2.49. The predicted octanol–water partition coefficient (Wildman–Crippen LogP) is 2.83. The number of hydrogen-bond donors (Lipinski definition) is 0. The molecular weight excluding hydrogens is 216 g/mol. The Bertz CT molecular complexity index is 220. The molecule has 2 saturated heterocycles. The molecule has 2 spiro atoms. The summed E-state index contributed by atoms with van der Waals surface area (Å²) in [6.07, 6.45) is 4.74. The summed E-state index contributed by atoms with van der Waals surface area (Å²) >= 11 is 4.31. The van der Waals surface area contributed by atoms with E-state index in [1.807, 2.05) is 6.92 Å². The molecule has 2 nitrogen and oxygen atoms in total. The maximum atomic E-state index is 5.73. The van der Waals surface area contributed by atoms with Crippen molar-refractivity contribution in [3.8, 4) is 0 Å². The highest BCUT2D eigenvalue weighted by Gasteiger charge is 2.52. The van der Waals surface area contributed by atoms with Crippen LogP contribution in [-0.4, -0.2) is 27.7 Å². The van der Waals surface area contributed by atoms with E-state index >= 15 is 0 Å². The van der Waals surface area contributed by atoms with Gasteiger partial charge in [0.2, 0.25) is 0 Å². The van der Waals surface area contributed by atoms with Crippen molar-refractivity contribution < 1.29 is 9.47 Å². The van der Waals surface area contributed by atoms with Crippen molar-refractivity contribution in [3.63, 3.8) is 0 Å². The van der Waals surface area contributed by atoms with Gasteiger partial charge in [-0.2, -0.15) is 0 Å². The first-order valence-electron chi connectivity index (χ1n) is 5.36. The van der Waals surface area contributed by atoms with Gasteiger partial charge in [0.1, 0.15) is 0 Å². The highest BCUT2D eigenvalue weighted by atomic mass is 32.2. The molecule has 2 heterocycles. The molecule has 2 aliphatic heterocycles. The Balaban J connectivity index is 1.62. The van der Waals surface area contributed by atoms with E-state index in [4.69, 9.17) is 9.47 Å². The van der Waals surface area contributed by atoms with Gasteiger partial charge in [-0.1, -0.05) is 0 Å². The first-order valence-corrected chi connectivity index (χ1v) is 7.33.